The standard InChI is InChI=1S/C25H26O3/c1-24(2,19-13-7-5-8-14-19)27-22-18-12-11-17-21(22)23(26)28-25(3,4)20-15-9-6-10-16-20/h5-18H,1-4H3. The van der Waals surface area contributed by atoms with E-state index in [4.69, 9.17) is 9.47 Å². The van der Waals surface area contributed by atoms with Crippen LogP contribution < -0.4 is 4.74 Å². The molecule has 3 aromatic carbocycles. The molecular weight excluding hydrogens is 348 g/mol. The van der Waals surface area contributed by atoms with Gasteiger partial charge in [0.25, 0.3) is 0 Å². The summed E-state index contributed by atoms with van der Waals surface area (Å²) in [5, 5.41) is 0. The second-order valence-corrected chi connectivity index (χ2v) is 7.74. The van der Waals surface area contributed by atoms with Crippen LogP contribution in [-0.4, -0.2) is 5.97 Å². The Morgan fingerprint density at radius 1 is 0.643 bits per heavy atom. The highest BCUT2D eigenvalue weighted by Crippen LogP contribution is 2.32. The molecule has 0 aliphatic rings. The van der Waals surface area contributed by atoms with E-state index in [0.717, 1.165) is 11.1 Å². The topological polar surface area (TPSA) is 35.5 Å². The molecule has 0 aromatic heterocycles. The van der Waals surface area contributed by atoms with E-state index in [0.29, 0.717) is 11.3 Å². The Hall–Kier alpha value is -3.07. The van der Waals surface area contributed by atoms with Gasteiger partial charge < -0.3 is 9.47 Å². The normalized spacial score (nSPS) is 11.7. The minimum atomic E-state index is -0.750. The van der Waals surface area contributed by atoms with E-state index >= 15 is 0 Å². The van der Waals surface area contributed by atoms with Crippen molar-refractivity contribution in [1.82, 2.24) is 0 Å². The average Bonchev–Trinajstić information content (AvgIpc) is 2.69. The van der Waals surface area contributed by atoms with E-state index in [9.17, 15) is 4.79 Å². The molecule has 0 N–H and O–H groups in total. The number of carbonyl (C=O) groups is 1. The van der Waals surface area contributed by atoms with Crippen molar-refractivity contribution in [3.8, 4) is 5.75 Å². The number of esters is 1. The largest absolute Gasteiger partial charge is 0.482 e. The molecule has 0 saturated heterocycles. The molecule has 0 amide bonds. The summed E-state index contributed by atoms with van der Waals surface area (Å²) in [4.78, 5) is 13.0. The average molecular weight is 374 g/mol. The molecule has 0 saturated carbocycles. The molecule has 0 fully saturated rings. The smallest absolute Gasteiger partial charge is 0.342 e. The van der Waals surface area contributed by atoms with E-state index in [1.807, 2.05) is 100 Å². The summed E-state index contributed by atoms with van der Waals surface area (Å²) in [6.45, 7) is 7.74. The number of hydrogen-bond acceptors (Lipinski definition) is 3. The molecule has 144 valence electrons. The van der Waals surface area contributed by atoms with Gasteiger partial charge in [-0.15, -0.1) is 0 Å². The first-order valence-corrected chi connectivity index (χ1v) is 9.42. The summed E-state index contributed by atoms with van der Waals surface area (Å²) in [6.07, 6.45) is 0. The third-order valence-corrected chi connectivity index (χ3v) is 4.76. The Balaban J connectivity index is 1.85. The molecule has 0 heterocycles. The van der Waals surface area contributed by atoms with Crippen LogP contribution in [0.4, 0.5) is 0 Å². The van der Waals surface area contributed by atoms with Crippen LogP contribution in [0.2, 0.25) is 0 Å². The van der Waals surface area contributed by atoms with E-state index in [2.05, 4.69) is 0 Å². The fourth-order valence-electron chi connectivity index (χ4n) is 3.08. The molecule has 3 heteroatoms. The van der Waals surface area contributed by atoms with Gasteiger partial charge in [-0.1, -0.05) is 72.8 Å². The first-order valence-electron chi connectivity index (χ1n) is 9.42. The minimum absolute atomic E-state index is 0.409. The van der Waals surface area contributed by atoms with Gasteiger partial charge in [0.1, 0.15) is 22.5 Å². The van der Waals surface area contributed by atoms with E-state index in [1.54, 1.807) is 12.1 Å². The van der Waals surface area contributed by atoms with Crippen LogP contribution in [0, 0.1) is 0 Å². The first kappa shape index (κ1) is 19.7. The number of hydrogen-bond donors (Lipinski definition) is 0. The lowest BCUT2D eigenvalue weighted by Gasteiger charge is -2.29. The van der Waals surface area contributed by atoms with E-state index in [1.165, 1.54) is 0 Å². The third kappa shape index (κ3) is 4.42. The Labute approximate surface area is 166 Å². The molecule has 0 radical (unpaired) electrons. The molecule has 3 rings (SSSR count). The fraction of sp³-hybridized carbons (Fsp3) is 0.240. The molecule has 3 nitrogen and oxygen atoms in total. The fourth-order valence-corrected chi connectivity index (χ4v) is 3.08. The van der Waals surface area contributed by atoms with Crippen molar-refractivity contribution in [2.24, 2.45) is 0 Å². The summed E-state index contributed by atoms with van der Waals surface area (Å²) in [7, 11) is 0. The highest BCUT2D eigenvalue weighted by molar-refractivity contribution is 5.92. The number of ether oxygens (including phenoxy) is 2. The summed E-state index contributed by atoms with van der Waals surface area (Å²) >= 11 is 0. The van der Waals surface area contributed by atoms with Crippen LogP contribution in [0.3, 0.4) is 0 Å². The van der Waals surface area contributed by atoms with E-state index < -0.39 is 17.2 Å². The number of para-hydroxylation sites is 1. The second kappa shape index (κ2) is 7.89. The molecule has 0 unspecified atom stereocenters. The first-order chi connectivity index (χ1) is 13.3. The van der Waals surface area contributed by atoms with Gasteiger partial charge in [-0.25, -0.2) is 4.79 Å². The predicted octanol–water partition coefficient (Wildman–Crippen LogP) is 6.09. The minimum Gasteiger partial charge on any atom is -0.482 e. The van der Waals surface area contributed by atoms with Gasteiger partial charge in [0.15, 0.2) is 0 Å². The van der Waals surface area contributed by atoms with Crippen LogP contribution >= 0.6 is 0 Å². The van der Waals surface area contributed by atoms with Crippen molar-refractivity contribution in [2.75, 3.05) is 0 Å². The summed E-state index contributed by atoms with van der Waals surface area (Å²) in [5.74, 6) is 0.0959. The van der Waals surface area contributed by atoms with Crippen molar-refractivity contribution in [3.63, 3.8) is 0 Å². The maximum absolute atomic E-state index is 13.0. The molecule has 0 bridgehead atoms. The Bertz CT molecular complexity index is 928. The number of rotatable bonds is 6. The lowest BCUT2D eigenvalue weighted by Crippen LogP contribution is -2.28. The predicted molar refractivity (Wildman–Crippen MR) is 111 cm³/mol. The maximum atomic E-state index is 13.0. The van der Waals surface area contributed by atoms with Gasteiger partial charge in [0.05, 0.1) is 0 Å². The number of carbonyl (C=O) groups excluding carboxylic acids is 1. The van der Waals surface area contributed by atoms with Crippen molar-refractivity contribution in [3.05, 3.63) is 102 Å². The van der Waals surface area contributed by atoms with Gasteiger partial charge >= 0.3 is 5.97 Å². The molecule has 0 spiro atoms. The zero-order valence-corrected chi connectivity index (χ0v) is 16.8. The maximum Gasteiger partial charge on any atom is 0.342 e. The van der Waals surface area contributed by atoms with E-state index in [-0.39, 0.29) is 0 Å². The Morgan fingerprint density at radius 3 is 1.68 bits per heavy atom. The van der Waals surface area contributed by atoms with Crippen LogP contribution in [0.25, 0.3) is 0 Å². The zero-order chi connectivity index (χ0) is 20.2. The molecule has 3 aromatic rings. The van der Waals surface area contributed by atoms with Gasteiger partial charge in [-0.2, -0.15) is 0 Å². The lowest BCUT2D eigenvalue weighted by molar-refractivity contribution is -0.00401. The molecule has 0 atom stereocenters. The van der Waals surface area contributed by atoms with Crippen molar-refractivity contribution in [2.45, 2.75) is 38.9 Å². The quantitative estimate of drug-likeness (QED) is 0.490. The molecule has 0 aliphatic heterocycles. The SMILES string of the molecule is CC(C)(OC(=O)c1ccccc1OC(C)(C)c1ccccc1)c1ccccc1. The van der Waals surface area contributed by atoms with Crippen molar-refractivity contribution in [1.29, 1.82) is 0 Å². The Kier molecular flexibility index (Phi) is 5.55. The van der Waals surface area contributed by atoms with Gasteiger partial charge in [0, 0.05) is 0 Å². The van der Waals surface area contributed by atoms with Crippen LogP contribution in [-0.2, 0) is 15.9 Å². The highest BCUT2D eigenvalue weighted by atomic mass is 16.6. The lowest BCUT2D eigenvalue weighted by atomic mass is 9.97. The van der Waals surface area contributed by atoms with Crippen LogP contribution in [0.5, 0.6) is 5.75 Å². The highest BCUT2D eigenvalue weighted by Gasteiger charge is 2.29. The zero-order valence-electron chi connectivity index (χ0n) is 16.8. The Morgan fingerprint density at radius 2 is 1.11 bits per heavy atom. The summed E-state index contributed by atoms with van der Waals surface area (Å²) in [6, 6.07) is 26.9. The third-order valence-electron chi connectivity index (χ3n) is 4.76. The summed E-state index contributed by atoms with van der Waals surface area (Å²) in [5.41, 5.74) is 1.04. The van der Waals surface area contributed by atoms with Crippen LogP contribution in [0.1, 0.15) is 49.2 Å². The molecular formula is C25H26O3. The van der Waals surface area contributed by atoms with Gasteiger partial charge in [0.2, 0.25) is 0 Å². The van der Waals surface area contributed by atoms with Gasteiger partial charge in [-0.3, -0.25) is 0 Å². The second-order valence-electron chi connectivity index (χ2n) is 7.74. The molecule has 28 heavy (non-hydrogen) atoms. The van der Waals surface area contributed by atoms with Crippen LogP contribution in [0.15, 0.2) is 84.9 Å². The van der Waals surface area contributed by atoms with Gasteiger partial charge in [-0.05, 0) is 51.0 Å². The van der Waals surface area contributed by atoms with Crippen molar-refractivity contribution >= 4 is 5.97 Å². The number of benzene rings is 3. The van der Waals surface area contributed by atoms with Crippen molar-refractivity contribution < 1.29 is 14.3 Å². The summed E-state index contributed by atoms with van der Waals surface area (Å²) < 4.78 is 12.1. The monoisotopic (exact) mass is 374 g/mol. The molecule has 0 aliphatic carbocycles.